The summed E-state index contributed by atoms with van der Waals surface area (Å²) < 4.78 is 26.4. The largest absolute Gasteiger partial charge is 0.368 e. The highest BCUT2D eigenvalue weighted by Crippen LogP contribution is 2.21. The lowest BCUT2D eigenvalue weighted by atomic mass is 10.2. The molecule has 2 aromatic carbocycles. The average molecular weight is 433 g/mol. The summed E-state index contributed by atoms with van der Waals surface area (Å²) in [6, 6.07) is 15.1. The SMILES string of the molecule is CN(CC(=O)N1CCN(c2cccc(Cl)c2)CC1)S(=O)(=O)c1ccc(C#N)cc1. The van der Waals surface area contributed by atoms with Crippen LogP contribution in [0.15, 0.2) is 53.4 Å². The number of sulfonamides is 1. The van der Waals surface area contributed by atoms with Crippen LogP contribution in [0.5, 0.6) is 0 Å². The van der Waals surface area contributed by atoms with Crippen LogP contribution in [-0.4, -0.2) is 63.3 Å². The van der Waals surface area contributed by atoms with Crippen LogP contribution in [0.25, 0.3) is 0 Å². The highest BCUT2D eigenvalue weighted by Gasteiger charge is 2.27. The lowest BCUT2D eigenvalue weighted by Crippen LogP contribution is -2.51. The quantitative estimate of drug-likeness (QED) is 0.723. The molecule has 1 saturated heterocycles. The van der Waals surface area contributed by atoms with Crippen LogP contribution in [0.3, 0.4) is 0 Å². The standard InChI is InChI=1S/C20H21ClN4O3S/c1-23(29(27,28)19-7-5-16(14-22)6-8-19)15-20(26)25-11-9-24(10-12-25)18-4-2-3-17(21)13-18/h2-8,13H,9-12,15H2,1H3. The van der Waals surface area contributed by atoms with E-state index in [1.54, 1.807) is 4.90 Å². The highest BCUT2D eigenvalue weighted by molar-refractivity contribution is 7.89. The van der Waals surface area contributed by atoms with Gasteiger partial charge in [-0.1, -0.05) is 17.7 Å². The molecule has 0 unspecified atom stereocenters. The Morgan fingerprint density at radius 3 is 2.38 bits per heavy atom. The first-order valence-electron chi connectivity index (χ1n) is 9.06. The van der Waals surface area contributed by atoms with Gasteiger partial charge in [0.1, 0.15) is 0 Å². The molecule has 152 valence electrons. The van der Waals surface area contributed by atoms with Crippen LogP contribution < -0.4 is 4.90 Å². The summed E-state index contributed by atoms with van der Waals surface area (Å²) in [4.78, 5) is 16.5. The number of halogens is 1. The first kappa shape index (κ1) is 21.1. The van der Waals surface area contributed by atoms with E-state index in [0.717, 1.165) is 9.99 Å². The molecule has 2 aromatic rings. The number of piperazine rings is 1. The van der Waals surface area contributed by atoms with E-state index < -0.39 is 10.0 Å². The molecule has 9 heteroatoms. The minimum absolute atomic E-state index is 0.0533. The fourth-order valence-corrected chi connectivity index (χ4v) is 4.45. The molecule has 7 nitrogen and oxygen atoms in total. The second kappa shape index (κ2) is 8.82. The van der Waals surface area contributed by atoms with Crippen LogP contribution in [0, 0.1) is 11.3 Å². The molecule has 0 radical (unpaired) electrons. The van der Waals surface area contributed by atoms with Gasteiger partial charge in [-0.05, 0) is 42.5 Å². The maximum absolute atomic E-state index is 12.7. The van der Waals surface area contributed by atoms with Gasteiger partial charge in [-0.2, -0.15) is 9.57 Å². The number of carbonyl (C=O) groups is 1. The van der Waals surface area contributed by atoms with E-state index in [9.17, 15) is 13.2 Å². The molecule has 3 rings (SSSR count). The van der Waals surface area contributed by atoms with Crippen molar-refractivity contribution in [3.8, 4) is 6.07 Å². The van der Waals surface area contributed by atoms with Gasteiger partial charge < -0.3 is 9.80 Å². The Kier molecular flexibility index (Phi) is 6.42. The third-order valence-corrected chi connectivity index (χ3v) is 6.91. The Balaban J connectivity index is 1.59. The third-order valence-electron chi connectivity index (χ3n) is 4.86. The van der Waals surface area contributed by atoms with Crippen LogP contribution >= 0.6 is 11.6 Å². The van der Waals surface area contributed by atoms with Crippen molar-refractivity contribution in [1.29, 1.82) is 5.26 Å². The van der Waals surface area contributed by atoms with Gasteiger partial charge in [-0.15, -0.1) is 0 Å². The Bertz CT molecular complexity index is 1030. The van der Waals surface area contributed by atoms with Gasteiger partial charge in [-0.3, -0.25) is 4.79 Å². The first-order valence-corrected chi connectivity index (χ1v) is 10.9. The number of hydrogen-bond acceptors (Lipinski definition) is 5. The monoisotopic (exact) mass is 432 g/mol. The second-order valence-electron chi connectivity index (χ2n) is 6.74. The van der Waals surface area contributed by atoms with Crippen molar-refractivity contribution in [2.45, 2.75) is 4.90 Å². The fourth-order valence-electron chi connectivity index (χ4n) is 3.14. The summed E-state index contributed by atoms with van der Waals surface area (Å²) in [5, 5.41) is 9.50. The minimum Gasteiger partial charge on any atom is -0.368 e. The van der Waals surface area contributed by atoms with Gasteiger partial charge >= 0.3 is 0 Å². The number of rotatable bonds is 5. The van der Waals surface area contributed by atoms with E-state index in [-0.39, 0.29) is 17.3 Å². The Morgan fingerprint density at radius 2 is 1.79 bits per heavy atom. The predicted octanol–water partition coefficient (Wildman–Crippen LogP) is 2.18. The van der Waals surface area contributed by atoms with Crippen molar-refractivity contribution in [2.75, 3.05) is 44.7 Å². The molecule has 0 atom stereocenters. The van der Waals surface area contributed by atoms with Crippen LogP contribution in [0.4, 0.5) is 5.69 Å². The molecule has 0 aromatic heterocycles. The van der Waals surface area contributed by atoms with Gasteiger partial charge in [0, 0.05) is 43.9 Å². The summed E-state index contributed by atoms with van der Waals surface area (Å²) in [5.74, 6) is -0.240. The van der Waals surface area contributed by atoms with Gasteiger partial charge in [0.15, 0.2) is 0 Å². The summed E-state index contributed by atoms with van der Waals surface area (Å²) in [7, 11) is -2.42. The van der Waals surface area contributed by atoms with E-state index in [4.69, 9.17) is 16.9 Å². The number of likely N-dealkylation sites (N-methyl/N-ethyl adjacent to an activating group) is 1. The zero-order valence-corrected chi connectivity index (χ0v) is 17.5. The topological polar surface area (TPSA) is 84.7 Å². The maximum Gasteiger partial charge on any atom is 0.243 e. The molecule has 0 spiro atoms. The summed E-state index contributed by atoms with van der Waals surface area (Å²) in [6.45, 7) is 2.09. The number of benzene rings is 2. The smallest absolute Gasteiger partial charge is 0.243 e. The summed E-state index contributed by atoms with van der Waals surface area (Å²) in [5.41, 5.74) is 1.38. The Morgan fingerprint density at radius 1 is 1.14 bits per heavy atom. The van der Waals surface area contributed by atoms with Gasteiger partial charge in [-0.25, -0.2) is 8.42 Å². The maximum atomic E-state index is 12.7. The number of carbonyl (C=O) groups excluding carboxylic acids is 1. The zero-order chi connectivity index (χ0) is 21.0. The normalized spacial score (nSPS) is 14.7. The summed E-state index contributed by atoms with van der Waals surface area (Å²) in [6.07, 6.45) is 0. The Labute approximate surface area is 175 Å². The molecule has 0 saturated carbocycles. The van der Waals surface area contributed by atoms with Crippen molar-refractivity contribution >= 4 is 33.2 Å². The lowest BCUT2D eigenvalue weighted by molar-refractivity contribution is -0.131. The molecule has 1 amide bonds. The summed E-state index contributed by atoms with van der Waals surface area (Å²) >= 11 is 6.04. The van der Waals surface area contributed by atoms with Crippen LogP contribution in [0.1, 0.15) is 5.56 Å². The molecule has 1 aliphatic rings. The van der Waals surface area contributed by atoms with E-state index >= 15 is 0 Å². The average Bonchev–Trinajstić information content (AvgIpc) is 2.73. The lowest BCUT2D eigenvalue weighted by Gasteiger charge is -2.36. The van der Waals surface area contributed by atoms with Gasteiger partial charge in [0.05, 0.1) is 23.1 Å². The van der Waals surface area contributed by atoms with Crippen molar-refractivity contribution in [3.05, 3.63) is 59.1 Å². The number of hydrogen-bond donors (Lipinski definition) is 0. The van der Waals surface area contributed by atoms with Crippen molar-refractivity contribution in [1.82, 2.24) is 9.21 Å². The zero-order valence-electron chi connectivity index (χ0n) is 16.0. The van der Waals surface area contributed by atoms with Crippen molar-refractivity contribution in [3.63, 3.8) is 0 Å². The fraction of sp³-hybridized carbons (Fsp3) is 0.300. The van der Waals surface area contributed by atoms with Crippen LogP contribution in [0.2, 0.25) is 5.02 Å². The molecule has 0 aliphatic carbocycles. The van der Waals surface area contributed by atoms with Crippen molar-refractivity contribution < 1.29 is 13.2 Å². The Hall–Kier alpha value is -2.60. The molecular formula is C20H21ClN4O3S. The molecular weight excluding hydrogens is 412 g/mol. The molecule has 0 bridgehead atoms. The van der Waals surface area contributed by atoms with Gasteiger partial charge in [0.2, 0.25) is 15.9 Å². The second-order valence-corrected chi connectivity index (χ2v) is 9.23. The first-order chi connectivity index (χ1) is 13.8. The number of amides is 1. The van der Waals surface area contributed by atoms with E-state index in [0.29, 0.717) is 36.8 Å². The number of nitrogens with zero attached hydrogens (tertiary/aromatic N) is 4. The minimum atomic E-state index is -3.80. The van der Waals surface area contributed by atoms with Gasteiger partial charge in [0.25, 0.3) is 0 Å². The molecule has 1 fully saturated rings. The van der Waals surface area contributed by atoms with Crippen molar-refractivity contribution in [2.24, 2.45) is 0 Å². The predicted molar refractivity (Wildman–Crippen MR) is 111 cm³/mol. The van der Waals surface area contributed by atoms with E-state index in [1.165, 1.54) is 31.3 Å². The third kappa shape index (κ3) is 4.88. The van der Waals surface area contributed by atoms with Crippen LogP contribution in [-0.2, 0) is 14.8 Å². The molecule has 0 N–H and O–H groups in total. The molecule has 1 aliphatic heterocycles. The number of nitriles is 1. The molecule has 29 heavy (non-hydrogen) atoms. The highest BCUT2D eigenvalue weighted by atomic mass is 35.5. The van der Waals surface area contributed by atoms with E-state index in [1.807, 2.05) is 30.3 Å². The molecule has 1 heterocycles. The van der Waals surface area contributed by atoms with E-state index in [2.05, 4.69) is 4.90 Å². The number of anilines is 1.